The average molecular weight is 419 g/mol. The Kier molecular flexibility index (Phi) is 7.69. The molecule has 3 aromatic rings. The first-order valence-electron chi connectivity index (χ1n) is 9.91. The average Bonchev–Trinajstić information content (AvgIpc) is 2.76. The molecule has 4 nitrogen and oxygen atoms in total. The molecule has 3 rings (SSSR count). The van der Waals surface area contributed by atoms with E-state index in [0.717, 1.165) is 22.5 Å². The maximum absolute atomic E-state index is 13.2. The van der Waals surface area contributed by atoms with Gasteiger partial charge >= 0.3 is 0 Å². The van der Waals surface area contributed by atoms with Crippen LogP contribution in [0.4, 0.5) is 11.4 Å². The van der Waals surface area contributed by atoms with Gasteiger partial charge in [0.15, 0.2) is 0 Å². The monoisotopic (exact) mass is 418 g/mol. The second-order valence-electron chi connectivity index (χ2n) is 7.12. The number of thioether (sulfide) groups is 1. The van der Waals surface area contributed by atoms with Gasteiger partial charge in [-0.15, -0.1) is 11.8 Å². The smallest absolute Gasteiger partial charge is 0.240 e. The summed E-state index contributed by atoms with van der Waals surface area (Å²) in [5, 5.41) is 2.54. The van der Waals surface area contributed by atoms with Crippen molar-refractivity contribution >= 4 is 35.0 Å². The van der Waals surface area contributed by atoms with Crippen molar-refractivity contribution in [3.8, 4) is 0 Å². The highest BCUT2D eigenvalue weighted by molar-refractivity contribution is 8.01. The number of anilines is 2. The van der Waals surface area contributed by atoms with Crippen LogP contribution in [0.3, 0.4) is 0 Å². The summed E-state index contributed by atoms with van der Waals surface area (Å²) >= 11 is 1.35. The van der Waals surface area contributed by atoms with Crippen LogP contribution in [0.2, 0.25) is 0 Å². The molecular weight excluding hydrogens is 392 g/mol. The predicted molar refractivity (Wildman–Crippen MR) is 126 cm³/mol. The number of benzene rings is 3. The van der Waals surface area contributed by atoms with Crippen LogP contribution in [0.15, 0.2) is 84.9 Å². The van der Waals surface area contributed by atoms with Crippen molar-refractivity contribution in [3.63, 3.8) is 0 Å². The number of carbonyl (C=O) groups excluding carboxylic acids is 2. The minimum absolute atomic E-state index is 0.0154. The summed E-state index contributed by atoms with van der Waals surface area (Å²) < 4.78 is 0. The van der Waals surface area contributed by atoms with Gasteiger partial charge in [0.05, 0.1) is 17.5 Å². The normalized spacial score (nSPS) is 11.5. The highest BCUT2D eigenvalue weighted by atomic mass is 32.2. The zero-order chi connectivity index (χ0) is 21.3. The molecule has 0 aromatic heterocycles. The van der Waals surface area contributed by atoms with E-state index < -0.39 is 0 Å². The van der Waals surface area contributed by atoms with Crippen LogP contribution in [-0.4, -0.2) is 22.8 Å². The van der Waals surface area contributed by atoms with E-state index in [1.807, 2.05) is 98.8 Å². The number of aryl methyl sites for hydroxylation is 1. The number of rotatable bonds is 8. The Morgan fingerprint density at radius 1 is 0.933 bits per heavy atom. The second-order valence-corrected chi connectivity index (χ2v) is 8.45. The second kappa shape index (κ2) is 10.6. The molecule has 1 N–H and O–H groups in total. The topological polar surface area (TPSA) is 49.4 Å². The molecular formula is C25H26N2O2S. The van der Waals surface area contributed by atoms with Crippen LogP contribution >= 0.6 is 11.8 Å². The van der Waals surface area contributed by atoms with E-state index in [0.29, 0.717) is 6.54 Å². The van der Waals surface area contributed by atoms with Crippen LogP contribution in [0.5, 0.6) is 0 Å². The molecule has 0 aliphatic rings. The fourth-order valence-corrected chi connectivity index (χ4v) is 3.83. The van der Waals surface area contributed by atoms with Gasteiger partial charge in [-0.05, 0) is 49.2 Å². The lowest BCUT2D eigenvalue weighted by Gasteiger charge is -2.26. The van der Waals surface area contributed by atoms with Gasteiger partial charge in [-0.3, -0.25) is 9.59 Å². The zero-order valence-electron chi connectivity index (χ0n) is 17.2. The number of nitrogens with zero attached hydrogens (tertiary/aromatic N) is 1. The number of carbonyl (C=O) groups is 2. The van der Waals surface area contributed by atoms with Crippen molar-refractivity contribution in [2.45, 2.75) is 25.6 Å². The summed E-state index contributed by atoms with van der Waals surface area (Å²) in [5.74, 6) is 0.0902. The van der Waals surface area contributed by atoms with Gasteiger partial charge < -0.3 is 10.2 Å². The minimum atomic E-state index is -0.350. The summed E-state index contributed by atoms with van der Waals surface area (Å²) in [5.41, 5.74) is 3.77. The van der Waals surface area contributed by atoms with Crippen molar-refractivity contribution in [2.75, 3.05) is 16.0 Å². The number of amides is 2. The van der Waals surface area contributed by atoms with Crippen molar-refractivity contribution in [1.29, 1.82) is 0 Å². The molecule has 0 heterocycles. The van der Waals surface area contributed by atoms with Crippen LogP contribution < -0.4 is 10.2 Å². The van der Waals surface area contributed by atoms with E-state index in [-0.39, 0.29) is 22.8 Å². The van der Waals surface area contributed by atoms with E-state index in [1.54, 1.807) is 4.90 Å². The molecule has 0 bridgehead atoms. The minimum Gasteiger partial charge on any atom is -0.325 e. The Hall–Kier alpha value is -3.05. The molecule has 1 unspecified atom stereocenters. The molecule has 154 valence electrons. The van der Waals surface area contributed by atoms with Gasteiger partial charge in [-0.25, -0.2) is 0 Å². The van der Waals surface area contributed by atoms with Crippen LogP contribution in [0, 0.1) is 6.92 Å². The first-order valence-corrected chi connectivity index (χ1v) is 11.0. The Morgan fingerprint density at radius 3 is 2.27 bits per heavy atom. The van der Waals surface area contributed by atoms with Crippen molar-refractivity contribution in [1.82, 2.24) is 0 Å². The molecule has 0 radical (unpaired) electrons. The molecule has 0 aliphatic carbocycles. The Bertz CT molecular complexity index is 977. The van der Waals surface area contributed by atoms with Gasteiger partial charge in [0.1, 0.15) is 0 Å². The summed E-state index contributed by atoms with van der Waals surface area (Å²) in [6.45, 7) is 4.33. The first kappa shape index (κ1) is 21.7. The third-order valence-electron chi connectivity index (χ3n) is 4.63. The molecule has 3 aromatic carbocycles. The van der Waals surface area contributed by atoms with E-state index in [9.17, 15) is 9.59 Å². The summed E-state index contributed by atoms with van der Waals surface area (Å²) in [6.07, 6.45) is 0. The number of hydrogen-bond acceptors (Lipinski definition) is 3. The Labute approximate surface area is 182 Å². The summed E-state index contributed by atoms with van der Waals surface area (Å²) in [7, 11) is 0. The molecule has 1 atom stereocenters. The molecule has 0 spiro atoms. The van der Waals surface area contributed by atoms with Gasteiger partial charge in [0.2, 0.25) is 11.8 Å². The van der Waals surface area contributed by atoms with Gasteiger partial charge in [-0.2, -0.15) is 0 Å². The molecule has 2 amide bonds. The fraction of sp³-hybridized carbons (Fsp3) is 0.200. The predicted octanol–water partition coefficient (Wildman–Crippen LogP) is 5.29. The van der Waals surface area contributed by atoms with Crippen molar-refractivity contribution in [2.24, 2.45) is 0 Å². The third-order valence-corrected chi connectivity index (χ3v) is 5.76. The lowest BCUT2D eigenvalue weighted by molar-refractivity contribution is -0.118. The van der Waals surface area contributed by atoms with E-state index in [1.165, 1.54) is 11.8 Å². The highest BCUT2D eigenvalue weighted by Gasteiger charge is 2.23. The zero-order valence-corrected chi connectivity index (χ0v) is 18.1. The molecule has 0 saturated carbocycles. The first-order chi connectivity index (χ1) is 14.5. The van der Waals surface area contributed by atoms with Crippen LogP contribution in [-0.2, 0) is 16.1 Å². The molecule has 0 aliphatic heterocycles. The third kappa shape index (κ3) is 6.22. The number of para-hydroxylation sites is 1. The van der Waals surface area contributed by atoms with Crippen LogP contribution in [0.1, 0.15) is 18.1 Å². The molecule has 30 heavy (non-hydrogen) atoms. The van der Waals surface area contributed by atoms with E-state index in [4.69, 9.17) is 0 Å². The lowest BCUT2D eigenvalue weighted by atomic mass is 10.2. The summed E-state index contributed by atoms with van der Waals surface area (Å²) in [4.78, 5) is 27.3. The Balaban J connectivity index is 1.64. The van der Waals surface area contributed by atoms with Crippen molar-refractivity contribution in [3.05, 3.63) is 96.1 Å². The van der Waals surface area contributed by atoms with Crippen LogP contribution in [0.25, 0.3) is 0 Å². The highest BCUT2D eigenvalue weighted by Crippen LogP contribution is 2.22. The van der Waals surface area contributed by atoms with Gasteiger partial charge in [0, 0.05) is 11.4 Å². The quantitative estimate of drug-likeness (QED) is 0.541. The SMILES string of the molecule is Cc1cccc(NC(=O)CSC(C)C(=O)N(Cc2ccccc2)c2ccccc2)c1. The number of hydrogen-bond donors (Lipinski definition) is 1. The molecule has 0 fully saturated rings. The van der Waals surface area contributed by atoms with E-state index >= 15 is 0 Å². The fourth-order valence-electron chi connectivity index (χ4n) is 3.08. The largest absolute Gasteiger partial charge is 0.325 e. The maximum Gasteiger partial charge on any atom is 0.240 e. The molecule has 0 saturated heterocycles. The van der Waals surface area contributed by atoms with Crippen molar-refractivity contribution < 1.29 is 9.59 Å². The lowest BCUT2D eigenvalue weighted by Crippen LogP contribution is -2.36. The summed E-state index contributed by atoms with van der Waals surface area (Å²) in [6, 6.07) is 27.2. The van der Waals surface area contributed by atoms with Gasteiger partial charge in [0.25, 0.3) is 0 Å². The number of nitrogens with one attached hydrogen (secondary N) is 1. The van der Waals surface area contributed by atoms with Gasteiger partial charge in [-0.1, -0.05) is 60.7 Å². The maximum atomic E-state index is 13.2. The van der Waals surface area contributed by atoms with E-state index in [2.05, 4.69) is 5.32 Å². The molecule has 5 heteroatoms. The standard InChI is InChI=1S/C25H26N2O2S/c1-19-10-9-13-22(16-19)26-24(28)18-30-20(2)25(29)27(23-14-7-4-8-15-23)17-21-11-5-3-6-12-21/h3-16,20H,17-18H2,1-2H3,(H,26,28). The Morgan fingerprint density at radius 2 is 1.60 bits per heavy atom.